The van der Waals surface area contributed by atoms with Crippen molar-refractivity contribution in [1.82, 2.24) is 5.32 Å². The van der Waals surface area contributed by atoms with Gasteiger partial charge in [0, 0.05) is 25.8 Å². The normalized spacial score (nSPS) is 8.43. The molecule has 14 heavy (non-hydrogen) atoms. The molecule has 4 heteroatoms. The zero-order valence-electron chi connectivity index (χ0n) is 8.56. The molecular weight excluding hydrogens is 219 g/mol. The van der Waals surface area contributed by atoms with Crippen molar-refractivity contribution < 1.29 is 0 Å². The van der Waals surface area contributed by atoms with Crippen molar-refractivity contribution in [2.45, 2.75) is 0 Å². The lowest BCUT2D eigenvalue weighted by molar-refractivity contribution is 0.768. The highest BCUT2D eigenvalue weighted by atomic mass is 35.5. The van der Waals surface area contributed by atoms with Gasteiger partial charge in [0.1, 0.15) is 0 Å². The molecule has 0 radical (unpaired) electrons. The topological polar surface area (TPSA) is 15.3 Å². The number of nitrogens with zero attached hydrogens (tertiary/aromatic N) is 1. The third-order valence-electron chi connectivity index (χ3n) is 1.89. The second-order valence-corrected chi connectivity index (χ2v) is 2.86. The highest BCUT2D eigenvalue weighted by Gasteiger charge is 1.96. The minimum Gasteiger partial charge on any atom is -0.373 e. The summed E-state index contributed by atoms with van der Waals surface area (Å²) in [6, 6.07) is 10.4. The number of hydrogen-bond donors (Lipinski definition) is 1. The van der Waals surface area contributed by atoms with Gasteiger partial charge < -0.3 is 10.2 Å². The van der Waals surface area contributed by atoms with Crippen molar-refractivity contribution in [3.8, 4) is 0 Å². The first-order chi connectivity index (χ1) is 5.84. The predicted molar refractivity (Wildman–Crippen MR) is 68.1 cm³/mol. The number of rotatable bonds is 4. The average Bonchev–Trinajstić information content (AvgIpc) is 2.15. The summed E-state index contributed by atoms with van der Waals surface area (Å²) in [5.74, 6) is 0. The maximum Gasteiger partial charge on any atom is 0.0364 e. The molecule has 0 saturated heterocycles. The minimum absolute atomic E-state index is 0. The Balaban J connectivity index is 0. The smallest absolute Gasteiger partial charge is 0.0364 e. The molecule has 0 aromatic heterocycles. The predicted octanol–water partition coefficient (Wildman–Crippen LogP) is 2.19. The van der Waals surface area contributed by atoms with Crippen molar-refractivity contribution in [3.63, 3.8) is 0 Å². The van der Waals surface area contributed by atoms with Crippen molar-refractivity contribution >= 4 is 30.5 Å². The summed E-state index contributed by atoms with van der Waals surface area (Å²) in [6.07, 6.45) is 0. The maximum atomic E-state index is 3.13. The largest absolute Gasteiger partial charge is 0.373 e. The zero-order valence-corrected chi connectivity index (χ0v) is 10.2. The zero-order chi connectivity index (χ0) is 8.81. The molecule has 0 fully saturated rings. The van der Waals surface area contributed by atoms with Crippen LogP contribution in [0.3, 0.4) is 0 Å². The molecular formula is C10H18Cl2N2. The quantitative estimate of drug-likeness (QED) is 0.863. The number of hydrogen-bond acceptors (Lipinski definition) is 2. The van der Waals surface area contributed by atoms with Crippen LogP contribution in [0, 0.1) is 0 Å². The minimum atomic E-state index is 0. The molecule has 0 atom stereocenters. The highest BCUT2D eigenvalue weighted by Crippen LogP contribution is 2.09. The summed E-state index contributed by atoms with van der Waals surface area (Å²) in [4.78, 5) is 2.23. The second-order valence-electron chi connectivity index (χ2n) is 2.86. The van der Waals surface area contributed by atoms with E-state index in [1.54, 1.807) is 0 Å². The molecule has 82 valence electrons. The van der Waals surface area contributed by atoms with E-state index in [1.165, 1.54) is 5.69 Å². The number of anilines is 1. The van der Waals surface area contributed by atoms with Gasteiger partial charge in [0.25, 0.3) is 0 Å². The van der Waals surface area contributed by atoms with Gasteiger partial charge in [-0.3, -0.25) is 0 Å². The molecule has 0 aliphatic rings. The van der Waals surface area contributed by atoms with Crippen LogP contribution in [0.2, 0.25) is 0 Å². The van der Waals surface area contributed by atoms with E-state index in [-0.39, 0.29) is 24.8 Å². The molecule has 1 rings (SSSR count). The van der Waals surface area contributed by atoms with E-state index in [1.807, 2.05) is 13.1 Å². The van der Waals surface area contributed by atoms with Gasteiger partial charge in [0.05, 0.1) is 0 Å². The Labute approximate surface area is 98.5 Å². The fourth-order valence-electron chi connectivity index (χ4n) is 1.09. The lowest BCUT2D eigenvalue weighted by Crippen LogP contribution is -2.26. The molecule has 0 heterocycles. The third-order valence-corrected chi connectivity index (χ3v) is 1.89. The summed E-state index contributed by atoms with van der Waals surface area (Å²) in [7, 11) is 4.07. The lowest BCUT2D eigenvalue weighted by atomic mass is 10.3. The summed E-state index contributed by atoms with van der Waals surface area (Å²) < 4.78 is 0. The van der Waals surface area contributed by atoms with Crippen LogP contribution in [-0.4, -0.2) is 27.2 Å². The first-order valence-corrected chi connectivity index (χ1v) is 4.25. The van der Waals surface area contributed by atoms with Gasteiger partial charge in [-0.15, -0.1) is 24.8 Å². The Kier molecular flexibility index (Phi) is 10.4. The van der Waals surface area contributed by atoms with E-state index < -0.39 is 0 Å². The van der Waals surface area contributed by atoms with Crippen LogP contribution in [0.4, 0.5) is 5.69 Å². The monoisotopic (exact) mass is 236 g/mol. The van der Waals surface area contributed by atoms with E-state index in [2.05, 4.69) is 41.5 Å². The molecule has 0 aliphatic heterocycles. The Bertz CT molecular complexity index is 217. The van der Waals surface area contributed by atoms with Crippen molar-refractivity contribution in [3.05, 3.63) is 30.3 Å². The molecule has 0 amide bonds. The Morgan fingerprint density at radius 2 is 1.71 bits per heavy atom. The first-order valence-electron chi connectivity index (χ1n) is 4.25. The summed E-state index contributed by atoms with van der Waals surface area (Å²) in [5, 5.41) is 3.13. The fourth-order valence-corrected chi connectivity index (χ4v) is 1.09. The number of para-hydroxylation sites is 1. The molecule has 1 aromatic carbocycles. The van der Waals surface area contributed by atoms with E-state index >= 15 is 0 Å². The number of nitrogens with one attached hydrogen (secondary N) is 1. The summed E-state index contributed by atoms with van der Waals surface area (Å²) >= 11 is 0. The fraction of sp³-hybridized carbons (Fsp3) is 0.400. The first kappa shape index (κ1) is 16.0. The van der Waals surface area contributed by atoms with Crippen molar-refractivity contribution in [2.75, 3.05) is 32.1 Å². The number of benzene rings is 1. The lowest BCUT2D eigenvalue weighted by Gasteiger charge is -2.18. The Morgan fingerprint density at radius 3 is 2.21 bits per heavy atom. The molecule has 1 N–H and O–H groups in total. The summed E-state index contributed by atoms with van der Waals surface area (Å²) in [5.41, 5.74) is 1.27. The maximum absolute atomic E-state index is 3.13. The number of halogens is 2. The Morgan fingerprint density at radius 1 is 1.14 bits per heavy atom. The summed E-state index contributed by atoms with van der Waals surface area (Å²) in [6.45, 7) is 2.06. The van der Waals surface area contributed by atoms with Crippen LogP contribution in [0.25, 0.3) is 0 Å². The van der Waals surface area contributed by atoms with Crippen LogP contribution < -0.4 is 10.2 Å². The average molecular weight is 237 g/mol. The van der Waals surface area contributed by atoms with Gasteiger partial charge in [-0.05, 0) is 19.2 Å². The van der Waals surface area contributed by atoms with E-state index in [9.17, 15) is 0 Å². The number of likely N-dealkylation sites (N-methyl/N-ethyl adjacent to an activating group) is 2. The van der Waals surface area contributed by atoms with Crippen LogP contribution in [-0.2, 0) is 0 Å². The van der Waals surface area contributed by atoms with Crippen LogP contribution in [0.5, 0.6) is 0 Å². The van der Waals surface area contributed by atoms with E-state index in [0.717, 1.165) is 13.1 Å². The second kappa shape index (κ2) is 9.13. The molecule has 2 nitrogen and oxygen atoms in total. The molecule has 0 spiro atoms. The molecule has 1 aromatic rings. The molecule has 0 aliphatic carbocycles. The van der Waals surface area contributed by atoms with Crippen molar-refractivity contribution in [2.24, 2.45) is 0 Å². The van der Waals surface area contributed by atoms with Gasteiger partial charge in [-0.25, -0.2) is 0 Å². The third kappa shape index (κ3) is 5.32. The molecule has 0 unspecified atom stereocenters. The van der Waals surface area contributed by atoms with Gasteiger partial charge in [0.15, 0.2) is 0 Å². The standard InChI is InChI=1S/C10H16N2.2ClH/c1-11-8-9-12(2)10-6-4-3-5-7-10;;/h3-7,11H,8-9H2,1-2H3;2*1H. The van der Waals surface area contributed by atoms with Crippen LogP contribution in [0.1, 0.15) is 0 Å². The highest BCUT2D eigenvalue weighted by molar-refractivity contribution is 5.85. The van der Waals surface area contributed by atoms with Gasteiger partial charge in [0.2, 0.25) is 0 Å². The SMILES string of the molecule is CNCCN(C)c1ccccc1.Cl.Cl. The van der Waals surface area contributed by atoms with Gasteiger partial charge in [-0.1, -0.05) is 18.2 Å². The molecule has 0 saturated carbocycles. The van der Waals surface area contributed by atoms with E-state index in [4.69, 9.17) is 0 Å². The van der Waals surface area contributed by atoms with Gasteiger partial charge >= 0.3 is 0 Å². The van der Waals surface area contributed by atoms with Crippen LogP contribution >= 0.6 is 24.8 Å². The Hall–Kier alpha value is -0.440. The van der Waals surface area contributed by atoms with Crippen molar-refractivity contribution in [1.29, 1.82) is 0 Å². The molecule has 0 bridgehead atoms. The van der Waals surface area contributed by atoms with Gasteiger partial charge in [-0.2, -0.15) is 0 Å². The van der Waals surface area contributed by atoms with Crippen LogP contribution in [0.15, 0.2) is 30.3 Å². The van der Waals surface area contributed by atoms with E-state index in [0.29, 0.717) is 0 Å².